The summed E-state index contributed by atoms with van der Waals surface area (Å²) in [5.74, 6) is -1.21. The van der Waals surface area contributed by atoms with E-state index >= 15 is 0 Å². The SMILES string of the molecule is CCC(CS(=O)(=O)F)N(CC(F)(F)F)C(=O)OC(C)(C)C. The molecule has 1 amide bonds. The number of nitrogens with zero attached hydrogens (tertiary/aromatic N) is 1. The van der Waals surface area contributed by atoms with Gasteiger partial charge >= 0.3 is 22.5 Å². The first-order valence-corrected chi connectivity index (χ1v) is 7.68. The summed E-state index contributed by atoms with van der Waals surface area (Å²) in [6.45, 7) is 3.98. The van der Waals surface area contributed by atoms with E-state index in [-0.39, 0.29) is 11.3 Å². The molecule has 0 aromatic rings. The van der Waals surface area contributed by atoms with Gasteiger partial charge in [-0.15, -0.1) is 3.89 Å². The van der Waals surface area contributed by atoms with Crippen LogP contribution in [0.3, 0.4) is 0 Å². The third-order valence-corrected chi connectivity index (χ3v) is 3.06. The fourth-order valence-corrected chi connectivity index (χ4v) is 2.39. The number of carbonyl (C=O) groups excluding carboxylic acids is 1. The number of ether oxygens (including phenoxy) is 1. The van der Waals surface area contributed by atoms with E-state index in [1.165, 1.54) is 27.7 Å². The number of halogens is 4. The molecule has 0 aliphatic rings. The van der Waals surface area contributed by atoms with Gasteiger partial charge in [0, 0.05) is 0 Å². The van der Waals surface area contributed by atoms with Crippen LogP contribution >= 0.6 is 0 Å². The smallest absolute Gasteiger partial charge is 0.410 e. The van der Waals surface area contributed by atoms with Gasteiger partial charge in [0.25, 0.3) is 0 Å². The average Bonchev–Trinajstić information content (AvgIpc) is 2.17. The van der Waals surface area contributed by atoms with Gasteiger partial charge in [0.05, 0.1) is 6.04 Å². The minimum atomic E-state index is -5.03. The molecule has 0 fully saturated rings. The highest BCUT2D eigenvalue weighted by Crippen LogP contribution is 2.22. The quantitative estimate of drug-likeness (QED) is 0.572. The van der Waals surface area contributed by atoms with Crippen molar-refractivity contribution in [2.24, 2.45) is 0 Å². The van der Waals surface area contributed by atoms with Gasteiger partial charge in [-0.05, 0) is 27.2 Å². The first kappa shape index (κ1) is 19.9. The van der Waals surface area contributed by atoms with Gasteiger partial charge in [-0.25, -0.2) is 4.79 Å². The monoisotopic (exact) mass is 337 g/mol. The molecule has 0 aliphatic carbocycles. The molecular formula is C11H19F4NO4S. The van der Waals surface area contributed by atoms with Crippen LogP contribution < -0.4 is 0 Å². The molecule has 10 heteroatoms. The number of hydrogen-bond donors (Lipinski definition) is 0. The van der Waals surface area contributed by atoms with Crippen LogP contribution in [0, 0.1) is 0 Å². The highest BCUT2D eigenvalue weighted by atomic mass is 32.3. The molecule has 0 N–H and O–H groups in total. The lowest BCUT2D eigenvalue weighted by molar-refractivity contribution is -0.148. The summed E-state index contributed by atoms with van der Waals surface area (Å²) in [6.07, 6.45) is -6.27. The maximum atomic E-state index is 12.7. The summed E-state index contributed by atoms with van der Waals surface area (Å²) in [4.78, 5) is 12.0. The molecule has 0 aromatic carbocycles. The predicted octanol–water partition coefficient (Wildman–Crippen LogP) is 2.86. The van der Waals surface area contributed by atoms with E-state index in [0.717, 1.165) is 0 Å². The van der Waals surface area contributed by atoms with Crippen molar-refractivity contribution in [2.45, 2.75) is 51.9 Å². The zero-order valence-electron chi connectivity index (χ0n) is 12.2. The Morgan fingerprint density at radius 1 is 1.24 bits per heavy atom. The minimum Gasteiger partial charge on any atom is -0.444 e. The van der Waals surface area contributed by atoms with E-state index in [9.17, 15) is 30.3 Å². The topological polar surface area (TPSA) is 63.7 Å². The van der Waals surface area contributed by atoms with Crippen molar-refractivity contribution < 1.29 is 35.0 Å². The van der Waals surface area contributed by atoms with E-state index in [1.807, 2.05) is 0 Å². The minimum absolute atomic E-state index is 0.168. The number of hydrogen-bond acceptors (Lipinski definition) is 4. The fourth-order valence-electron chi connectivity index (χ4n) is 1.51. The van der Waals surface area contributed by atoms with E-state index < -0.39 is 46.4 Å². The van der Waals surface area contributed by atoms with Crippen molar-refractivity contribution in [1.29, 1.82) is 0 Å². The molecule has 0 rings (SSSR count). The highest BCUT2D eigenvalue weighted by molar-refractivity contribution is 7.86. The Morgan fingerprint density at radius 2 is 1.71 bits per heavy atom. The van der Waals surface area contributed by atoms with Gasteiger partial charge in [-0.2, -0.15) is 21.6 Å². The van der Waals surface area contributed by atoms with Crippen LogP contribution in [0.2, 0.25) is 0 Å². The summed E-state index contributed by atoms with van der Waals surface area (Å²) in [5, 5.41) is 0. The highest BCUT2D eigenvalue weighted by Gasteiger charge is 2.39. The second kappa shape index (κ2) is 6.80. The molecule has 0 saturated heterocycles. The maximum absolute atomic E-state index is 12.7. The molecule has 0 spiro atoms. The first-order chi connectivity index (χ1) is 9.14. The summed E-state index contributed by atoms with van der Waals surface area (Å²) in [6, 6.07) is -1.46. The average molecular weight is 337 g/mol. The zero-order valence-corrected chi connectivity index (χ0v) is 13.0. The molecule has 1 unspecified atom stereocenters. The summed E-state index contributed by atoms with van der Waals surface area (Å²) in [7, 11) is -5.03. The van der Waals surface area contributed by atoms with Gasteiger partial charge < -0.3 is 4.74 Å². The van der Waals surface area contributed by atoms with Gasteiger partial charge in [0.2, 0.25) is 0 Å². The van der Waals surface area contributed by atoms with Crippen LogP contribution in [0.1, 0.15) is 34.1 Å². The zero-order chi connectivity index (χ0) is 17.1. The summed E-state index contributed by atoms with van der Waals surface area (Å²) < 4.78 is 76.5. The predicted molar refractivity (Wildman–Crippen MR) is 68.0 cm³/mol. The van der Waals surface area contributed by atoms with Crippen LogP contribution in [0.15, 0.2) is 0 Å². The van der Waals surface area contributed by atoms with Crippen molar-refractivity contribution >= 4 is 16.3 Å². The Balaban J connectivity index is 5.33. The lowest BCUT2D eigenvalue weighted by Gasteiger charge is -2.32. The molecule has 1 atom stereocenters. The van der Waals surface area contributed by atoms with E-state index in [0.29, 0.717) is 0 Å². The van der Waals surface area contributed by atoms with Gasteiger partial charge in [0.1, 0.15) is 17.9 Å². The molecule has 126 valence electrons. The lowest BCUT2D eigenvalue weighted by atomic mass is 10.2. The van der Waals surface area contributed by atoms with E-state index in [1.54, 1.807) is 0 Å². The third kappa shape index (κ3) is 9.48. The maximum Gasteiger partial charge on any atom is 0.410 e. The first-order valence-electron chi connectivity index (χ1n) is 6.13. The lowest BCUT2D eigenvalue weighted by Crippen LogP contribution is -2.49. The van der Waals surface area contributed by atoms with Crippen LogP contribution in [0.4, 0.5) is 21.9 Å². The summed E-state index contributed by atoms with van der Waals surface area (Å²) >= 11 is 0. The Morgan fingerprint density at radius 3 is 2.00 bits per heavy atom. The molecule has 21 heavy (non-hydrogen) atoms. The van der Waals surface area contributed by atoms with E-state index in [2.05, 4.69) is 0 Å². The van der Waals surface area contributed by atoms with Crippen molar-refractivity contribution in [3.63, 3.8) is 0 Å². The van der Waals surface area contributed by atoms with Crippen LogP contribution in [0.25, 0.3) is 0 Å². The van der Waals surface area contributed by atoms with Gasteiger partial charge in [0.15, 0.2) is 0 Å². The second-order valence-electron chi connectivity index (χ2n) is 5.49. The number of rotatable bonds is 5. The van der Waals surface area contributed by atoms with Crippen molar-refractivity contribution in [2.75, 3.05) is 12.3 Å². The van der Waals surface area contributed by atoms with Crippen LogP contribution in [-0.4, -0.2) is 49.5 Å². The summed E-state index contributed by atoms with van der Waals surface area (Å²) in [5.41, 5.74) is -1.06. The number of alkyl halides is 3. The van der Waals surface area contributed by atoms with Crippen molar-refractivity contribution in [3.05, 3.63) is 0 Å². The second-order valence-corrected chi connectivity index (χ2v) is 6.90. The molecule has 0 aromatic heterocycles. The molecule has 0 radical (unpaired) electrons. The van der Waals surface area contributed by atoms with Crippen molar-refractivity contribution in [3.8, 4) is 0 Å². The Bertz CT molecular complexity index is 456. The Labute approximate surface area is 121 Å². The van der Waals surface area contributed by atoms with Crippen molar-refractivity contribution in [1.82, 2.24) is 4.90 Å². The largest absolute Gasteiger partial charge is 0.444 e. The number of amides is 1. The molecule has 0 aliphatic heterocycles. The fraction of sp³-hybridized carbons (Fsp3) is 0.909. The molecule has 0 bridgehead atoms. The third-order valence-electron chi connectivity index (χ3n) is 2.28. The Kier molecular flexibility index (Phi) is 6.46. The number of carbonyl (C=O) groups is 1. The normalized spacial score (nSPS) is 14.7. The van der Waals surface area contributed by atoms with Crippen LogP contribution in [-0.2, 0) is 15.0 Å². The van der Waals surface area contributed by atoms with Crippen LogP contribution in [0.5, 0.6) is 0 Å². The van der Waals surface area contributed by atoms with E-state index in [4.69, 9.17) is 4.74 Å². The standard InChI is InChI=1S/C11H19F4NO4S/c1-5-8(6-21(15,18)19)16(7-11(12,13)14)9(17)20-10(2,3)4/h8H,5-7H2,1-4H3. The van der Waals surface area contributed by atoms with Gasteiger partial charge in [-0.3, -0.25) is 4.90 Å². The molecule has 0 heterocycles. The molecular weight excluding hydrogens is 318 g/mol. The Hall–Kier alpha value is -1.06. The van der Waals surface area contributed by atoms with Gasteiger partial charge in [-0.1, -0.05) is 6.92 Å². The molecule has 5 nitrogen and oxygen atoms in total. The molecule has 0 saturated carbocycles.